The number of carbonyl (C=O) groups excluding carboxylic acids is 4. The molecular weight excluding hydrogens is 889 g/mol. The Hall–Kier alpha value is -6.30. The Bertz CT molecular complexity index is 2350. The van der Waals surface area contributed by atoms with Crippen LogP contribution in [0.5, 0.6) is 0 Å². The van der Waals surface area contributed by atoms with Crippen molar-refractivity contribution in [3.8, 4) is 0 Å². The van der Waals surface area contributed by atoms with Crippen molar-refractivity contribution in [3.63, 3.8) is 0 Å². The molecule has 2 aliphatic rings. The number of halogens is 1. The second-order valence-electron chi connectivity index (χ2n) is 13.3. The van der Waals surface area contributed by atoms with Gasteiger partial charge < -0.3 is 31.5 Å². The summed E-state index contributed by atoms with van der Waals surface area (Å²) in [5.41, 5.74) is 3.26. The average Bonchev–Trinajstić information content (AvgIpc) is 4.14. The van der Waals surface area contributed by atoms with Crippen molar-refractivity contribution >= 4 is 79.0 Å². The van der Waals surface area contributed by atoms with Crippen LogP contribution in [0.3, 0.4) is 0 Å². The normalized spacial score (nSPS) is 15.4. The van der Waals surface area contributed by atoms with Crippen LogP contribution in [0.1, 0.15) is 67.1 Å². The third-order valence-electron chi connectivity index (χ3n) is 9.05. The van der Waals surface area contributed by atoms with Gasteiger partial charge in [-0.3, -0.25) is 29.1 Å². The SMILES string of the molecule is CNC(=O)c1nnc(Br)s1.CNC(=O)c1nnc(N2CCC(c3ccc(NC(=O)Cc4ccccn4)nn3)C2)s1.O=C(Cc1ccccn1)Nc1ccc(C2CCNC2)nn1. The highest BCUT2D eigenvalue weighted by Gasteiger charge is 2.28. The van der Waals surface area contributed by atoms with Gasteiger partial charge in [-0.25, -0.2) is 0 Å². The molecule has 20 nitrogen and oxygen atoms in total. The largest absolute Gasteiger partial charge is 0.353 e. The Kier molecular flexibility index (Phi) is 16.2. The standard InChI is InChI=1S/C19H20N8O2S.C15H17N5O.C4H4BrN3OS/c1-20-17(29)18-25-26-19(30-18)27-9-7-12(11-27)14-5-6-15(24-23-14)22-16(28)10-13-4-2-3-8-21-13;21-15(9-12-3-1-2-7-17-12)18-14-5-4-13(19-20-14)11-6-8-16-10-11;1-6-2(9)3-7-8-4(5)10-3/h2-6,8,12H,7,9-11H2,1H3,(H,20,29)(H,22,24,28);1-5,7,11,16H,6,8-10H2,(H,18,20,21);1H3,(H,6,9). The number of carbonyl (C=O) groups is 4. The molecule has 0 spiro atoms. The maximum Gasteiger partial charge on any atom is 0.282 e. The van der Waals surface area contributed by atoms with Crippen LogP contribution in [-0.2, 0) is 22.4 Å². The maximum absolute atomic E-state index is 12.1. The third-order valence-corrected chi connectivity index (χ3v) is 11.4. The molecule has 2 unspecified atom stereocenters. The van der Waals surface area contributed by atoms with E-state index < -0.39 is 0 Å². The zero-order valence-electron chi connectivity index (χ0n) is 33.0. The number of nitrogens with one attached hydrogen (secondary N) is 5. The number of aromatic nitrogens is 10. The molecule has 2 atom stereocenters. The zero-order valence-corrected chi connectivity index (χ0v) is 36.2. The molecule has 2 saturated heterocycles. The van der Waals surface area contributed by atoms with Crippen LogP contribution < -0.4 is 31.5 Å². The molecule has 2 fully saturated rings. The van der Waals surface area contributed by atoms with E-state index in [1.807, 2.05) is 42.5 Å². The number of pyridine rings is 2. The van der Waals surface area contributed by atoms with Crippen LogP contribution in [0, 0.1) is 0 Å². The van der Waals surface area contributed by atoms with E-state index in [-0.39, 0.29) is 42.4 Å². The van der Waals surface area contributed by atoms with Gasteiger partial charge in [-0.1, -0.05) is 34.8 Å². The lowest BCUT2D eigenvalue weighted by Crippen LogP contribution is -2.19. The highest BCUT2D eigenvalue weighted by molar-refractivity contribution is 9.11. The first-order chi connectivity index (χ1) is 29.7. The molecule has 23 heteroatoms. The number of hydrogen-bond acceptors (Lipinski definition) is 18. The number of amides is 4. The summed E-state index contributed by atoms with van der Waals surface area (Å²) in [6, 6.07) is 18.3. The van der Waals surface area contributed by atoms with E-state index in [2.05, 4.69) is 98.2 Å². The summed E-state index contributed by atoms with van der Waals surface area (Å²) in [5.74, 6) is 0.743. The Morgan fingerprint density at radius 1 is 0.689 bits per heavy atom. The highest BCUT2D eigenvalue weighted by Crippen LogP contribution is 2.31. The molecule has 4 amide bonds. The van der Waals surface area contributed by atoms with E-state index in [0.29, 0.717) is 37.2 Å². The van der Waals surface area contributed by atoms with Crippen molar-refractivity contribution in [3.05, 3.63) is 110 Å². The van der Waals surface area contributed by atoms with Crippen molar-refractivity contribution < 1.29 is 19.2 Å². The van der Waals surface area contributed by atoms with Crippen LogP contribution in [0.2, 0.25) is 0 Å². The van der Waals surface area contributed by atoms with E-state index >= 15 is 0 Å². The van der Waals surface area contributed by atoms with Crippen molar-refractivity contribution in [2.45, 2.75) is 37.5 Å². The topological polar surface area (TPSA) is 261 Å². The van der Waals surface area contributed by atoms with Gasteiger partial charge in [0.05, 0.1) is 24.2 Å². The summed E-state index contributed by atoms with van der Waals surface area (Å²) in [6.45, 7) is 3.49. The zero-order chi connectivity index (χ0) is 43.0. The number of hydrogen-bond donors (Lipinski definition) is 5. The fraction of sp³-hybridized carbons (Fsp3) is 0.316. The third kappa shape index (κ3) is 13.3. The minimum atomic E-state index is -0.235. The predicted octanol–water partition coefficient (Wildman–Crippen LogP) is 3.05. The molecule has 5 N–H and O–H groups in total. The summed E-state index contributed by atoms with van der Waals surface area (Å²) >= 11 is 5.57. The summed E-state index contributed by atoms with van der Waals surface area (Å²) in [7, 11) is 3.12. The lowest BCUT2D eigenvalue weighted by Gasteiger charge is -2.13. The van der Waals surface area contributed by atoms with E-state index in [0.717, 1.165) is 61.2 Å². The monoisotopic (exact) mass is 928 g/mol. The van der Waals surface area contributed by atoms with E-state index in [4.69, 9.17) is 0 Å². The first kappa shape index (κ1) is 44.3. The van der Waals surface area contributed by atoms with Crippen LogP contribution >= 0.6 is 38.6 Å². The Balaban J connectivity index is 0.000000173. The first-order valence-corrected chi connectivity index (χ1v) is 21.4. The molecule has 0 saturated carbocycles. The van der Waals surface area contributed by atoms with Crippen LogP contribution in [0.4, 0.5) is 16.8 Å². The van der Waals surface area contributed by atoms with Gasteiger partial charge in [0.15, 0.2) is 15.6 Å². The second-order valence-corrected chi connectivity index (χ2v) is 16.5. The van der Waals surface area contributed by atoms with E-state index in [1.54, 1.807) is 44.7 Å². The molecule has 61 heavy (non-hydrogen) atoms. The van der Waals surface area contributed by atoms with Gasteiger partial charge in [0, 0.05) is 69.3 Å². The predicted molar refractivity (Wildman–Crippen MR) is 231 cm³/mol. The lowest BCUT2D eigenvalue weighted by molar-refractivity contribution is -0.116. The van der Waals surface area contributed by atoms with E-state index in [9.17, 15) is 19.2 Å². The van der Waals surface area contributed by atoms with Gasteiger partial charge in [-0.05, 0) is 83.8 Å². The van der Waals surface area contributed by atoms with Gasteiger partial charge in [-0.2, -0.15) is 10.2 Å². The number of anilines is 3. The fourth-order valence-electron chi connectivity index (χ4n) is 5.99. The smallest absolute Gasteiger partial charge is 0.282 e. The quantitative estimate of drug-likeness (QED) is 0.125. The van der Waals surface area contributed by atoms with Crippen molar-refractivity contribution in [1.82, 2.24) is 66.7 Å². The van der Waals surface area contributed by atoms with Gasteiger partial charge in [0.25, 0.3) is 11.8 Å². The Morgan fingerprint density at radius 3 is 1.74 bits per heavy atom. The number of nitrogens with zero attached hydrogens (tertiary/aromatic N) is 11. The second kappa shape index (κ2) is 22.3. The van der Waals surface area contributed by atoms with Crippen molar-refractivity contribution in [2.75, 3.05) is 55.8 Å². The molecule has 316 valence electrons. The van der Waals surface area contributed by atoms with Gasteiger partial charge in [0.1, 0.15) is 0 Å². The van der Waals surface area contributed by atoms with Crippen molar-refractivity contribution in [2.24, 2.45) is 0 Å². The fourth-order valence-corrected chi connectivity index (χ4v) is 7.87. The van der Waals surface area contributed by atoms with Crippen LogP contribution in [0.15, 0.2) is 77.0 Å². The lowest BCUT2D eigenvalue weighted by atomic mass is 10.1. The maximum atomic E-state index is 12.1. The Morgan fingerprint density at radius 2 is 1.26 bits per heavy atom. The molecule has 0 aliphatic carbocycles. The molecule has 6 aromatic rings. The minimum absolute atomic E-state index is 0.140. The highest BCUT2D eigenvalue weighted by atomic mass is 79.9. The summed E-state index contributed by atoms with van der Waals surface area (Å²) < 4.78 is 0.617. The molecule has 6 aromatic heterocycles. The van der Waals surface area contributed by atoms with Gasteiger partial charge in [-0.15, -0.1) is 30.6 Å². The summed E-state index contributed by atoms with van der Waals surface area (Å²) in [4.78, 5) is 56.9. The molecule has 0 aromatic carbocycles. The molecular formula is C38H41BrN16O4S2. The van der Waals surface area contributed by atoms with E-state index in [1.165, 1.54) is 22.7 Å². The molecule has 8 heterocycles. The van der Waals surface area contributed by atoms with Gasteiger partial charge in [0.2, 0.25) is 27.0 Å². The van der Waals surface area contributed by atoms with Crippen LogP contribution in [0.25, 0.3) is 0 Å². The molecule has 8 rings (SSSR count). The minimum Gasteiger partial charge on any atom is -0.353 e. The molecule has 0 radical (unpaired) electrons. The first-order valence-electron chi connectivity index (χ1n) is 19.0. The van der Waals surface area contributed by atoms with Crippen molar-refractivity contribution in [1.29, 1.82) is 0 Å². The number of rotatable bonds is 11. The van der Waals surface area contributed by atoms with Crippen LogP contribution in [-0.4, -0.2) is 115 Å². The summed E-state index contributed by atoms with van der Waals surface area (Å²) in [5, 5.41) is 47.2. The summed E-state index contributed by atoms with van der Waals surface area (Å²) in [6.07, 6.45) is 5.73. The van der Waals surface area contributed by atoms with Gasteiger partial charge >= 0.3 is 0 Å². The molecule has 0 bridgehead atoms. The average molecular weight is 930 g/mol. The molecule has 2 aliphatic heterocycles. The Labute approximate surface area is 366 Å².